The summed E-state index contributed by atoms with van der Waals surface area (Å²) in [5.41, 5.74) is 0.109. The lowest BCUT2D eigenvalue weighted by atomic mass is 9.88. The van der Waals surface area contributed by atoms with Gasteiger partial charge in [0.15, 0.2) is 0 Å². The van der Waals surface area contributed by atoms with Gasteiger partial charge in [-0.05, 0) is 43.2 Å². The predicted molar refractivity (Wildman–Crippen MR) is 115 cm³/mol. The van der Waals surface area contributed by atoms with Crippen LogP contribution in [0, 0.1) is 12.7 Å². The van der Waals surface area contributed by atoms with E-state index in [-0.39, 0.29) is 17.5 Å². The first-order valence-corrected chi connectivity index (χ1v) is 12.1. The Kier molecular flexibility index (Phi) is 6.77. The standard InChI is InChI=1S/C22H20F6N4O3S/c1-13-30-29-12-32(13)16-8-15(10-21(24,25)11-16)31-36(33,34)18-6-7-19(20(23)9-18)14-2-4-17(5-3-14)35-22(26,27)28/h2-7,9,12,15-16,31H,8,10-11H2,1H3/t15-,16+/m1/s1. The van der Waals surface area contributed by atoms with Crippen molar-refractivity contribution in [3.8, 4) is 16.9 Å². The maximum atomic E-state index is 14.8. The smallest absolute Gasteiger partial charge is 0.406 e. The van der Waals surface area contributed by atoms with E-state index in [1.807, 2.05) is 0 Å². The number of hydrogen-bond donors (Lipinski definition) is 1. The van der Waals surface area contributed by atoms with Crippen molar-refractivity contribution in [2.75, 3.05) is 0 Å². The van der Waals surface area contributed by atoms with Crippen LogP contribution in [-0.4, -0.2) is 41.5 Å². The molecule has 0 aliphatic heterocycles. The highest BCUT2D eigenvalue weighted by molar-refractivity contribution is 7.89. The maximum absolute atomic E-state index is 14.8. The molecule has 4 rings (SSSR count). The molecule has 0 bridgehead atoms. The third-order valence-corrected chi connectivity index (χ3v) is 7.27. The topological polar surface area (TPSA) is 86.1 Å². The Morgan fingerprint density at radius 2 is 1.81 bits per heavy atom. The van der Waals surface area contributed by atoms with E-state index in [9.17, 15) is 34.8 Å². The molecule has 1 N–H and O–H groups in total. The minimum absolute atomic E-state index is 0.0562. The molecule has 7 nitrogen and oxygen atoms in total. The van der Waals surface area contributed by atoms with E-state index in [0.717, 1.165) is 30.3 Å². The van der Waals surface area contributed by atoms with Crippen LogP contribution in [0.5, 0.6) is 5.75 Å². The van der Waals surface area contributed by atoms with Gasteiger partial charge < -0.3 is 9.30 Å². The van der Waals surface area contributed by atoms with Crippen LogP contribution in [0.25, 0.3) is 11.1 Å². The van der Waals surface area contributed by atoms with Gasteiger partial charge in [0.05, 0.1) is 4.90 Å². The highest BCUT2D eigenvalue weighted by Crippen LogP contribution is 2.40. The van der Waals surface area contributed by atoms with Crippen LogP contribution in [0.3, 0.4) is 0 Å². The van der Waals surface area contributed by atoms with Gasteiger partial charge in [0, 0.05) is 30.5 Å². The monoisotopic (exact) mass is 534 g/mol. The number of nitrogens with one attached hydrogen (secondary N) is 1. The van der Waals surface area contributed by atoms with E-state index >= 15 is 0 Å². The van der Waals surface area contributed by atoms with Crippen molar-refractivity contribution < 1.29 is 39.5 Å². The summed E-state index contributed by atoms with van der Waals surface area (Å²) in [6.07, 6.45) is -4.74. The molecule has 194 valence electrons. The molecular formula is C22H20F6N4O3S. The summed E-state index contributed by atoms with van der Waals surface area (Å²) < 4.78 is 114. The van der Waals surface area contributed by atoms with Gasteiger partial charge in [-0.25, -0.2) is 26.3 Å². The van der Waals surface area contributed by atoms with Crippen molar-refractivity contribution >= 4 is 10.0 Å². The molecule has 0 amide bonds. The minimum Gasteiger partial charge on any atom is -0.406 e. The third kappa shape index (κ3) is 5.98. The SMILES string of the molecule is Cc1nncn1[C@H]1C[C@@H](NS(=O)(=O)c2ccc(-c3ccc(OC(F)(F)F)cc3)c(F)c2)CC(F)(F)C1. The number of aromatic nitrogens is 3. The lowest BCUT2D eigenvalue weighted by Gasteiger charge is -2.35. The number of sulfonamides is 1. The molecule has 0 radical (unpaired) electrons. The van der Waals surface area contributed by atoms with Gasteiger partial charge in [-0.1, -0.05) is 18.2 Å². The molecule has 0 saturated heterocycles. The van der Waals surface area contributed by atoms with Gasteiger partial charge >= 0.3 is 6.36 Å². The molecule has 14 heteroatoms. The van der Waals surface area contributed by atoms with E-state index in [4.69, 9.17) is 0 Å². The average Bonchev–Trinajstić information content (AvgIpc) is 3.18. The molecule has 1 heterocycles. The second kappa shape index (κ2) is 9.39. The molecule has 0 unspecified atom stereocenters. The molecule has 1 saturated carbocycles. The normalized spacial score (nSPS) is 20.3. The number of alkyl halides is 5. The van der Waals surface area contributed by atoms with E-state index in [1.54, 1.807) is 6.92 Å². The highest BCUT2D eigenvalue weighted by Gasteiger charge is 2.43. The number of rotatable bonds is 6. The largest absolute Gasteiger partial charge is 0.573 e. The molecule has 1 fully saturated rings. The Hall–Kier alpha value is -3.13. The Morgan fingerprint density at radius 1 is 1.11 bits per heavy atom. The van der Waals surface area contributed by atoms with Crippen molar-refractivity contribution in [3.63, 3.8) is 0 Å². The van der Waals surface area contributed by atoms with Gasteiger partial charge in [-0.2, -0.15) is 0 Å². The molecule has 0 spiro atoms. The Bertz CT molecular complexity index is 1340. The van der Waals surface area contributed by atoms with Crippen molar-refractivity contribution in [1.29, 1.82) is 0 Å². The Labute approximate surface area is 202 Å². The van der Waals surface area contributed by atoms with Crippen LogP contribution >= 0.6 is 0 Å². The lowest BCUT2D eigenvalue weighted by molar-refractivity contribution is -0.274. The summed E-state index contributed by atoms with van der Waals surface area (Å²) in [6.45, 7) is 1.60. The first-order chi connectivity index (χ1) is 16.7. The summed E-state index contributed by atoms with van der Waals surface area (Å²) in [5.74, 6) is -4.20. The third-order valence-electron chi connectivity index (χ3n) is 5.75. The molecule has 3 aromatic rings. The highest BCUT2D eigenvalue weighted by atomic mass is 32.2. The van der Waals surface area contributed by atoms with Crippen LogP contribution in [0.2, 0.25) is 0 Å². The van der Waals surface area contributed by atoms with Crippen molar-refractivity contribution in [1.82, 2.24) is 19.5 Å². The number of nitrogens with zero attached hydrogens (tertiary/aromatic N) is 3. The fourth-order valence-electron chi connectivity index (χ4n) is 4.26. The van der Waals surface area contributed by atoms with Crippen molar-refractivity contribution in [2.45, 2.75) is 55.5 Å². The number of aryl methyl sites for hydroxylation is 1. The molecular weight excluding hydrogens is 514 g/mol. The summed E-state index contributed by atoms with van der Waals surface area (Å²) in [6, 6.07) is 5.43. The fourth-order valence-corrected chi connectivity index (χ4v) is 5.53. The van der Waals surface area contributed by atoms with Gasteiger partial charge in [0.25, 0.3) is 5.92 Å². The van der Waals surface area contributed by atoms with E-state index in [2.05, 4.69) is 19.7 Å². The zero-order valence-corrected chi connectivity index (χ0v) is 19.5. The Balaban J connectivity index is 1.52. The molecule has 1 aromatic heterocycles. The number of hydrogen-bond acceptors (Lipinski definition) is 5. The molecule has 1 aliphatic rings. The van der Waals surface area contributed by atoms with Gasteiger partial charge in [-0.15, -0.1) is 23.4 Å². The first kappa shape index (κ1) is 25.9. The van der Waals surface area contributed by atoms with Gasteiger partial charge in [0.1, 0.15) is 23.7 Å². The lowest BCUT2D eigenvalue weighted by Crippen LogP contribution is -2.45. The van der Waals surface area contributed by atoms with Gasteiger partial charge in [0.2, 0.25) is 10.0 Å². The average molecular weight is 534 g/mol. The molecule has 2 aromatic carbocycles. The van der Waals surface area contributed by atoms with Crippen LogP contribution in [0.15, 0.2) is 53.7 Å². The van der Waals surface area contributed by atoms with Crippen LogP contribution < -0.4 is 9.46 Å². The molecule has 2 atom stereocenters. The summed E-state index contributed by atoms with van der Waals surface area (Å²) in [7, 11) is -4.37. The van der Waals surface area contributed by atoms with E-state index < -0.39 is 63.7 Å². The Morgan fingerprint density at radius 3 is 2.39 bits per heavy atom. The number of benzene rings is 2. The van der Waals surface area contributed by atoms with Gasteiger partial charge in [-0.3, -0.25) is 0 Å². The number of halogens is 6. The molecule has 36 heavy (non-hydrogen) atoms. The van der Waals surface area contributed by atoms with Crippen LogP contribution in [0.1, 0.15) is 31.1 Å². The second-order valence-corrected chi connectivity index (χ2v) is 10.2. The summed E-state index contributed by atoms with van der Waals surface area (Å²) >= 11 is 0. The summed E-state index contributed by atoms with van der Waals surface area (Å²) in [5, 5.41) is 7.47. The number of ether oxygens (including phenoxy) is 1. The zero-order chi connectivity index (χ0) is 26.3. The fraction of sp³-hybridized carbons (Fsp3) is 0.364. The van der Waals surface area contributed by atoms with Crippen molar-refractivity contribution in [3.05, 3.63) is 60.4 Å². The summed E-state index contributed by atoms with van der Waals surface area (Å²) in [4.78, 5) is -0.480. The predicted octanol–water partition coefficient (Wildman–Crippen LogP) is 5.00. The maximum Gasteiger partial charge on any atom is 0.573 e. The first-order valence-electron chi connectivity index (χ1n) is 10.6. The van der Waals surface area contributed by atoms with Crippen LogP contribution in [0.4, 0.5) is 26.3 Å². The second-order valence-electron chi connectivity index (χ2n) is 8.47. The van der Waals surface area contributed by atoms with E-state index in [0.29, 0.717) is 5.82 Å². The molecule has 1 aliphatic carbocycles. The van der Waals surface area contributed by atoms with Crippen LogP contribution in [-0.2, 0) is 10.0 Å². The minimum atomic E-state index is -4.88. The quantitative estimate of drug-likeness (QED) is 0.450. The zero-order valence-electron chi connectivity index (χ0n) is 18.6. The van der Waals surface area contributed by atoms with E-state index in [1.165, 1.54) is 23.0 Å². The van der Waals surface area contributed by atoms with Crippen molar-refractivity contribution in [2.24, 2.45) is 0 Å².